The number of oxazole rings is 1. The fourth-order valence-electron chi connectivity index (χ4n) is 2.09. The van der Waals surface area contributed by atoms with Gasteiger partial charge in [-0.05, 0) is 34.5 Å². The van der Waals surface area contributed by atoms with E-state index in [0.717, 1.165) is 12.1 Å². The molecule has 130 valence electrons. The molecule has 0 aliphatic heterocycles. The highest BCUT2D eigenvalue weighted by atomic mass is 79.9. The third kappa shape index (κ3) is 3.73. The van der Waals surface area contributed by atoms with Gasteiger partial charge in [0, 0.05) is 6.42 Å². The fourth-order valence-corrected chi connectivity index (χ4v) is 2.62. The maximum absolute atomic E-state index is 14.3. The van der Waals surface area contributed by atoms with Crippen molar-refractivity contribution in [2.24, 2.45) is 5.73 Å². The Labute approximate surface area is 144 Å². The van der Waals surface area contributed by atoms with Crippen LogP contribution in [0.2, 0.25) is 0 Å². The van der Waals surface area contributed by atoms with Crippen LogP contribution in [-0.2, 0) is 6.42 Å². The number of ether oxygens (including phenoxy) is 1. The first-order valence-electron chi connectivity index (χ1n) is 7.09. The van der Waals surface area contributed by atoms with E-state index >= 15 is 0 Å². The Morgan fingerprint density at radius 2 is 2.21 bits per heavy atom. The van der Waals surface area contributed by atoms with Crippen LogP contribution >= 0.6 is 15.9 Å². The summed E-state index contributed by atoms with van der Waals surface area (Å²) in [6.07, 6.45) is -0.102. The number of aliphatic hydroxyl groups is 1. The highest BCUT2D eigenvalue weighted by Crippen LogP contribution is 2.32. The number of nitrogens with two attached hydrogens (primary N) is 1. The third-order valence-electron chi connectivity index (χ3n) is 3.23. The van der Waals surface area contributed by atoms with Crippen molar-refractivity contribution < 1.29 is 27.8 Å². The van der Waals surface area contributed by atoms with Crippen LogP contribution in [0.3, 0.4) is 0 Å². The zero-order valence-corrected chi connectivity index (χ0v) is 14.3. The van der Waals surface area contributed by atoms with Crippen molar-refractivity contribution >= 4 is 21.8 Å². The van der Waals surface area contributed by atoms with Gasteiger partial charge in [-0.25, -0.2) is 13.8 Å². The maximum Gasteiger partial charge on any atom is 0.254 e. The van der Waals surface area contributed by atoms with Gasteiger partial charge in [0.15, 0.2) is 22.1 Å². The molecule has 1 atom stereocenters. The van der Waals surface area contributed by atoms with E-state index in [-0.39, 0.29) is 23.4 Å². The zero-order valence-electron chi connectivity index (χ0n) is 12.7. The summed E-state index contributed by atoms with van der Waals surface area (Å²) in [5.41, 5.74) is 4.49. The minimum atomic E-state index is -1.23. The molecule has 1 unspecified atom stereocenters. The van der Waals surface area contributed by atoms with Gasteiger partial charge in [0.1, 0.15) is 23.2 Å². The molecule has 1 heterocycles. The standard InChI is InChI=1S/C15H15BrF2N2O4/c1-2-8(13-14(16)24-10(20-13)5-6-21)23-9-4-3-7(17)11(12(9)18)15(19)22/h3-4,8,21H,2,5-6H2,1H3,(H2,19,22). The molecule has 0 radical (unpaired) electrons. The summed E-state index contributed by atoms with van der Waals surface area (Å²) in [4.78, 5) is 15.4. The van der Waals surface area contributed by atoms with Crippen LogP contribution in [0.15, 0.2) is 21.2 Å². The molecule has 2 aromatic rings. The first-order valence-corrected chi connectivity index (χ1v) is 7.88. The molecule has 0 aliphatic carbocycles. The average molecular weight is 405 g/mol. The van der Waals surface area contributed by atoms with Gasteiger partial charge in [-0.2, -0.15) is 0 Å². The molecule has 0 saturated heterocycles. The number of rotatable bonds is 7. The van der Waals surface area contributed by atoms with E-state index < -0.39 is 29.2 Å². The van der Waals surface area contributed by atoms with Crippen molar-refractivity contribution in [1.29, 1.82) is 0 Å². The summed E-state index contributed by atoms with van der Waals surface area (Å²) >= 11 is 3.19. The first kappa shape index (κ1) is 18.3. The minimum absolute atomic E-state index is 0.140. The lowest BCUT2D eigenvalue weighted by Gasteiger charge is -2.17. The molecule has 1 aromatic carbocycles. The van der Waals surface area contributed by atoms with Gasteiger partial charge < -0.3 is 20.0 Å². The molecule has 0 saturated carbocycles. The largest absolute Gasteiger partial charge is 0.481 e. The number of carbonyl (C=O) groups excluding carboxylic acids is 1. The Morgan fingerprint density at radius 1 is 1.50 bits per heavy atom. The molecular formula is C15H15BrF2N2O4. The first-order chi connectivity index (χ1) is 11.4. The number of nitrogens with zero attached hydrogens (tertiary/aromatic N) is 1. The van der Waals surface area contributed by atoms with Gasteiger partial charge in [0.05, 0.1) is 6.61 Å². The van der Waals surface area contributed by atoms with E-state index in [1.807, 2.05) is 0 Å². The predicted molar refractivity (Wildman–Crippen MR) is 83.5 cm³/mol. The molecule has 2 rings (SSSR count). The molecule has 6 nitrogen and oxygen atoms in total. The second-order valence-corrected chi connectivity index (χ2v) is 5.57. The van der Waals surface area contributed by atoms with Crippen LogP contribution in [0, 0.1) is 11.6 Å². The number of hydrogen-bond acceptors (Lipinski definition) is 5. The van der Waals surface area contributed by atoms with E-state index in [4.69, 9.17) is 20.0 Å². The monoisotopic (exact) mass is 404 g/mol. The fraction of sp³-hybridized carbons (Fsp3) is 0.333. The Bertz CT molecular complexity index is 751. The second-order valence-electron chi connectivity index (χ2n) is 4.85. The molecule has 0 spiro atoms. The second kappa shape index (κ2) is 7.71. The number of benzene rings is 1. The van der Waals surface area contributed by atoms with Crippen LogP contribution in [0.5, 0.6) is 5.75 Å². The highest BCUT2D eigenvalue weighted by molar-refractivity contribution is 9.10. The van der Waals surface area contributed by atoms with Crippen molar-refractivity contribution in [2.75, 3.05) is 6.61 Å². The Morgan fingerprint density at radius 3 is 2.79 bits per heavy atom. The summed E-state index contributed by atoms with van der Waals surface area (Å²) < 4.78 is 38.9. The lowest BCUT2D eigenvalue weighted by molar-refractivity contribution is 0.0989. The minimum Gasteiger partial charge on any atom is -0.481 e. The van der Waals surface area contributed by atoms with E-state index in [9.17, 15) is 13.6 Å². The number of halogens is 3. The van der Waals surface area contributed by atoms with Gasteiger partial charge in [-0.15, -0.1) is 0 Å². The van der Waals surface area contributed by atoms with Gasteiger partial charge in [-0.1, -0.05) is 6.92 Å². The number of amides is 1. The van der Waals surface area contributed by atoms with Gasteiger partial charge in [0.2, 0.25) is 0 Å². The predicted octanol–water partition coefficient (Wildman–Crippen LogP) is 2.88. The Balaban J connectivity index is 2.34. The Kier molecular flexibility index (Phi) is 5.89. The topological polar surface area (TPSA) is 98.6 Å². The molecule has 0 aliphatic rings. The van der Waals surface area contributed by atoms with E-state index in [1.54, 1.807) is 6.92 Å². The lowest BCUT2D eigenvalue weighted by Crippen LogP contribution is -2.17. The van der Waals surface area contributed by atoms with Crippen LogP contribution < -0.4 is 10.5 Å². The number of aliphatic hydroxyl groups excluding tert-OH is 1. The number of hydrogen-bond donors (Lipinski definition) is 2. The normalized spacial score (nSPS) is 12.2. The molecule has 24 heavy (non-hydrogen) atoms. The maximum atomic E-state index is 14.3. The summed E-state index contributed by atoms with van der Waals surface area (Å²) in [5.74, 6) is -3.49. The van der Waals surface area contributed by atoms with Gasteiger partial charge >= 0.3 is 0 Å². The SMILES string of the molecule is CCC(Oc1ccc(F)c(C(N)=O)c1F)c1nc(CCO)oc1Br. The lowest BCUT2D eigenvalue weighted by atomic mass is 10.1. The summed E-state index contributed by atoms with van der Waals surface area (Å²) in [5, 5.41) is 8.92. The van der Waals surface area contributed by atoms with Crippen molar-refractivity contribution in [3.05, 3.63) is 45.6 Å². The number of carbonyl (C=O) groups is 1. The number of primary amides is 1. The van der Waals surface area contributed by atoms with Crippen molar-refractivity contribution in [2.45, 2.75) is 25.9 Å². The molecule has 9 heteroatoms. The van der Waals surface area contributed by atoms with Crippen LogP contribution in [-0.4, -0.2) is 22.6 Å². The van der Waals surface area contributed by atoms with Crippen LogP contribution in [0.4, 0.5) is 8.78 Å². The van der Waals surface area contributed by atoms with E-state index in [1.165, 1.54) is 0 Å². The molecule has 1 amide bonds. The van der Waals surface area contributed by atoms with Crippen molar-refractivity contribution in [3.8, 4) is 5.75 Å². The summed E-state index contributed by atoms with van der Waals surface area (Å²) in [6, 6.07) is 1.97. The molecular weight excluding hydrogens is 390 g/mol. The smallest absolute Gasteiger partial charge is 0.254 e. The van der Waals surface area contributed by atoms with E-state index in [2.05, 4.69) is 20.9 Å². The van der Waals surface area contributed by atoms with Crippen molar-refractivity contribution in [1.82, 2.24) is 4.98 Å². The molecule has 0 fully saturated rings. The zero-order chi connectivity index (χ0) is 17.9. The summed E-state index contributed by atoms with van der Waals surface area (Å²) in [6.45, 7) is 1.63. The summed E-state index contributed by atoms with van der Waals surface area (Å²) in [7, 11) is 0. The van der Waals surface area contributed by atoms with Gasteiger partial charge in [0.25, 0.3) is 5.91 Å². The number of aromatic nitrogens is 1. The Hall–Kier alpha value is -2.00. The quantitative estimate of drug-likeness (QED) is 0.738. The van der Waals surface area contributed by atoms with Crippen LogP contribution in [0.25, 0.3) is 0 Å². The van der Waals surface area contributed by atoms with Crippen molar-refractivity contribution in [3.63, 3.8) is 0 Å². The molecule has 0 bridgehead atoms. The molecule has 1 aromatic heterocycles. The average Bonchev–Trinajstić information content (AvgIpc) is 2.87. The van der Waals surface area contributed by atoms with E-state index in [0.29, 0.717) is 18.0 Å². The third-order valence-corrected chi connectivity index (χ3v) is 3.79. The van der Waals surface area contributed by atoms with Gasteiger partial charge in [-0.3, -0.25) is 4.79 Å². The molecule has 3 N–H and O–H groups in total. The van der Waals surface area contributed by atoms with Crippen LogP contribution in [0.1, 0.15) is 41.4 Å². The highest BCUT2D eigenvalue weighted by Gasteiger charge is 2.25.